The third-order valence-electron chi connectivity index (χ3n) is 3.09. The first-order chi connectivity index (χ1) is 11.9. The number of oxime groups is 1. The smallest absolute Gasteiger partial charge is 0.136 e. The van der Waals surface area contributed by atoms with Crippen LogP contribution in [0.1, 0.15) is 39.2 Å². The van der Waals surface area contributed by atoms with E-state index < -0.39 is 0 Å². The highest BCUT2D eigenvalue weighted by Crippen LogP contribution is 2.34. The van der Waals surface area contributed by atoms with E-state index in [0.717, 1.165) is 49.9 Å². The van der Waals surface area contributed by atoms with E-state index in [2.05, 4.69) is 59.9 Å². The van der Waals surface area contributed by atoms with Gasteiger partial charge < -0.3 is 14.3 Å². The summed E-state index contributed by atoms with van der Waals surface area (Å²) in [5.41, 5.74) is 2.04. The van der Waals surface area contributed by atoms with Gasteiger partial charge in [-0.3, -0.25) is 0 Å². The third-order valence-corrected chi connectivity index (χ3v) is 4.32. The van der Waals surface area contributed by atoms with Crippen molar-refractivity contribution in [1.82, 2.24) is 0 Å². The Morgan fingerprint density at radius 1 is 1.12 bits per heavy atom. The van der Waals surface area contributed by atoms with Crippen LogP contribution in [0.5, 0.6) is 11.5 Å². The number of nitrogens with zero attached hydrogens (tertiary/aromatic N) is 1. The minimum atomic E-state index is 0.487. The lowest BCUT2D eigenvalue weighted by Gasteiger charge is -2.15. The fraction of sp³-hybridized carbons (Fsp3) is 0.500. The highest BCUT2D eigenvalue weighted by Gasteiger charge is 2.10. The van der Waals surface area contributed by atoms with Crippen LogP contribution in [0, 0.1) is 0 Å². The maximum Gasteiger partial charge on any atom is 0.136 e. The molecule has 0 saturated heterocycles. The van der Waals surface area contributed by atoms with Crippen molar-refractivity contribution < 1.29 is 14.3 Å². The van der Waals surface area contributed by atoms with Gasteiger partial charge in [0.2, 0.25) is 0 Å². The van der Waals surface area contributed by atoms with E-state index in [1.165, 1.54) is 0 Å². The van der Waals surface area contributed by atoms with Crippen LogP contribution < -0.4 is 9.47 Å². The Labute approximate surface area is 175 Å². The molecule has 140 valence electrons. The summed E-state index contributed by atoms with van der Waals surface area (Å²) in [6, 6.07) is 3.96. The molecule has 7 heteroatoms. The largest absolute Gasteiger partial charge is 0.492 e. The van der Waals surface area contributed by atoms with E-state index in [1.807, 2.05) is 32.1 Å². The lowest BCUT2D eigenvalue weighted by Crippen LogP contribution is -2.03. The van der Waals surface area contributed by atoms with E-state index in [-0.39, 0.29) is 0 Å². The molecule has 0 unspecified atom stereocenters. The van der Waals surface area contributed by atoms with E-state index in [4.69, 9.17) is 14.3 Å². The molecular weight excluding hydrogens is 518 g/mol. The van der Waals surface area contributed by atoms with Crippen LogP contribution in [0.3, 0.4) is 0 Å². The van der Waals surface area contributed by atoms with Gasteiger partial charge in [0.05, 0.1) is 20.2 Å². The average molecular weight is 542 g/mol. The van der Waals surface area contributed by atoms with E-state index in [0.29, 0.717) is 19.8 Å². The number of aryl methyl sites for hydroxylation is 1. The predicted molar refractivity (Wildman–Crippen MR) is 114 cm³/mol. The summed E-state index contributed by atoms with van der Waals surface area (Å²) in [7, 11) is 0. The molecule has 0 aliphatic carbocycles. The first-order valence-electron chi connectivity index (χ1n) is 8.16. The van der Waals surface area contributed by atoms with Crippen molar-refractivity contribution in [2.45, 2.75) is 40.0 Å². The molecule has 1 aromatic carbocycles. The average Bonchev–Trinajstić information content (AvgIpc) is 2.54. The standard InChI is InChI=1S/C18H24Br3NO3/c1-4-14-11-15(23-10-7-17(20)21)12-16(19)18(14)24-8-5-6-9-25-22-13(2)3/h7,11-12H,4-6,8-10H2,1-3H3. The first kappa shape index (κ1) is 22.5. The number of halogens is 3. The number of benzene rings is 1. The molecular formula is C18H24Br3NO3. The molecule has 0 heterocycles. The molecule has 0 fully saturated rings. The van der Waals surface area contributed by atoms with Gasteiger partial charge in [0, 0.05) is 0 Å². The Balaban J connectivity index is 2.53. The SMILES string of the molecule is CCc1cc(OCC=C(Br)Br)cc(Br)c1OCCCCON=C(C)C. The number of unbranched alkanes of at least 4 members (excludes halogenated alkanes) is 1. The van der Waals surface area contributed by atoms with E-state index in [1.54, 1.807) is 0 Å². The molecule has 0 bridgehead atoms. The highest BCUT2D eigenvalue weighted by molar-refractivity contribution is 9.28. The Kier molecular flexibility index (Phi) is 11.5. The van der Waals surface area contributed by atoms with Gasteiger partial charge in [-0.15, -0.1) is 0 Å². The molecule has 0 aliphatic rings. The molecule has 0 radical (unpaired) electrons. The fourth-order valence-corrected chi connectivity index (χ4v) is 2.81. The van der Waals surface area contributed by atoms with Crippen molar-refractivity contribution in [3.8, 4) is 11.5 Å². The maximum atomic E-state index is 5.96. The van der Waals surface area contributed by atoms with Crippen molar-refractivity contribution in [1.29, 1.82) is 0 Å². The molecule has 0 aromatic heterocycles. The third kappa shape index (κ3) is 9.66. The summed E-state index contributed by atoms with van der Waals surface area (Å²) in [6.45, 7) is 7.67. The van der Waals surface area contributed by atoms with E-state index >= 15 is 0 Å². The molecule has 25 heavy (non-hydrogen) atoms. The van der Waals surface area contributed by atoms with Gasteiger partial charge in [-0.05, 0) is 105 Å². The normalized spacial score (nSPS) is 10.2. The lowest BCUT2D eigenvalue weighted by molar-refractivity contribution is 0.135. The van der Waals surface area contributed by atoms with Crippen molar-refractivity contribution in [3.05, 3.63) is 31.6 Å². The minimum Gasteiger partial charge on any atom is -0.492 e. The summed E-state index contributed by atoms with van der Waals surface area (Å²) in [5.74, 6) is 1.70. The van der Waals surface area contributed by atoms with Crippen molar-refractivity contribution >= 4 is 53.5 Å². The van der Waals surface area contributed by atoms with Crippen LogP contribution in [0.4, 0.5) is 0 Å². The minimum absolute atomic E-state index is 0.487. The zero-order valence-corrected chi connectivity index (χ0v) is 19.5. The van der Waals surface area contributed by atoms with Crippen molar-refractivity contribution in [2.75, 3.05) is 19.8 Å². The zero-order valence-electron chi connectivity index (χ0n) is 14.8. The first-order valence-corrected chi connectivity index (χ1v) is 10.5. The summed E-state index contributed by atoms with van der Waals surface area (Å²) < 4.78 is 13.5. The van der Waals surface area contributed by atoms with Gasteiger partial charge in [0.15, 0.2) is 0 Å². The maximum absolute atomic E-state index is 5.96. The van der Waals surface area contributed by atoms with Crippen molar-refractivity contribution in [3.63, 3.8) is 0 Å². The summed E-state index contributed by atoms with van der Waals surface area (Å²) in [6.07, 6.45) is 4.59. The number of ether oxygens (including phenoxy) is 2. The Hall–Kier alpha value is -0.530. The van der Waals surface area contributed by atoms with Gasteiger partial charge in [-0.1, -0.05) is 12.1 Å². The van der Waals surface area contributed by atoms with Gasteiger partial charge >= 0.3 is 0 Å². The van der Waals surface area contributed by atoms with Gasteiger partial charge in [-0.2, -0.15) is 0 Å². The highest BCUT2D eigenvalue weighted by atomic mass is 79.9. The van der Waals surface area contributed by atoms with Crippen LogP contribution >= 0.6 is 47.8 Å². The Morgan fingerprint density at radius 3 is 2.48 bits per heavy atom. The molecule has 0 spiro atoms. The molecule has 0 aliphatic heterocycles. The predicted octanol–water partition coefficient (Wildman–Crippen LogP) is 6.59. The molecule has 0 N–H and O–H groups in total. The fourth-order valence-electron chi connectivity index (χ4n) is 1.95. The molecule has 0 atom stereocenters. The molecule has 0 saturated carbocycles. The Bertz CT molecular complexity index is 595. The Morgan fingerprint density at radius 2 is 1.84 bits per heavy atom. The second-order valence-corrected chi connectivity index (χ2v) is 9.11. The molecule has 0 amide bonds. The van der Waals surface area contributed by atoms with Gasteiger partial charge in [0.1, 0.15) is 24.7 Å². The summed E-state index contributed by atoms with van der Waals surface area (Å²) in [5, 5.41) is 3.91. The number of hydrogen-bond acceptors (Lipinski definition) is 4. The van der Waals surface area contributed by atoms with Crippen molar-refractivity contribution in [2.24, 2.45) is 5.16 Å². The van der Waals surface area contributed by atoms with Gasteiger partial charge in [0.25, 0.3) is 0 Å². The van der Waals surface area contributed by atoms with Crippen LogP contribution in [0.15, 0.2) is 31.2 Å². The molecule has 4 nitrogen and oxygen atoms in total. The lowest BCUT2D eigenvalue weighted by atomic mass is 10.1. The monoisotopic (exact) mass is 539 g/mol. The quantitative estimate of drug-likeness (QED) is 0.180. The second-order valence-electron chi connectivity index (χ2n) is 5.48. The summed E-state index contributed by atoms with van der Waals surface area (Å²) in [4.78, 5) is 5.18. The molecule has 1 rings (SSSR count). The zero-order chi connectivity index (χ0) is 18.7. The van der Waals surface area contributed by atoms with Crippen LogP contribution in [-0.4, -0.2) is 25.5 Å². The number of hydrogen-bond donors (Lipinski definition) is 0. The second kappa shape index (κ2) is 12.8. The number of rotatable bonds is 11. The van der Waals surface area contributed by atoms with Crippen LogP contribution in [-0.2, 0) is 11.3 Å². The molecule has 1 aromatic rings. The van der Waals surface area contributed by atoms with Crippen LogP contribution in [0.2, 0.25) is 0 Å². The van der Waals surface area contributed by atoms with Gasteiger partial charge in [-0.25, -0.2) is 0 Å². The topological polar surface area (TPSA) is 40.0 Å². The summed E-state index contributed by atoms with van der Waals surface area (Å²) >= 11 is 10.2. The van der Waals surface area contributed by atoms with Crippen LogP contribution in [0.25, 0.3) is 0 Å². The van der Waals surface area contributed by atoms with E-state index in [9.17, 15) is 0 Å².